The van der Waals surface area contributed by atoms with Crippen LogP contribution in [0.1, 0.15) is 30.6 Å². The molecule has 0 aliphatic carbocycles. The monoisotopic (exact) mass is 307 g/mol. The van der Waals surface area contributed by atoms with E-state index in [1.807, 2.05) is 13.8 Å². The van der Waals surface area contributed by atoms with Crippen molar-refractivity contribution in [3.8, 4) is 0 Å². The van der Waals surface area contributed by atoms with E-state index in [-0.39, 0.29) is 11.8 Å². The Labute approximate surface area is 129 Å². The molecular weight excluding hydrogens is 286 g/mol. The number of hydrogen-bond donors (Lipinski definition) is 3. The summed E-state index contributed by atoms with van der Waals surface area (Å²) in [6.07, 6.45) is 0.467. The van der Waals surface area contributed by atoms with Crippen LogP contribution in [0.25, 0.3) is 0 Å². The number of anilines is 1. The van der Waals surface area contributed by atoms with Crippen molar-refractivity contribution in [2.24, 2.45) is 11.7 Å². The van der Waals surface area contributed by atoms with Gasteiger partial charge < -0.3 is 21.1 Å². The molecule has 1 rings (SSSR count). The molecule has 1 atom stereocenters. The molecule has 4 N–H and O–H groups in total. The molecule has 0 radical (unpaired) electrons. The molecule has 0 heterocycles. The van der Waals surface area contributed by atoms with Gasteiger partial charge in [-0.3, -0.25) is 4.79 Å². The number of rotatable bonds is 6. The number of carbonyl (C=O) groups is 3. The van der Waals surface area contributed by atoms with E-state index in [0.717, 1.165) is 0 Å². The van der Waals surface area contributed by atoms with Crippen molar-refractivity contribution >= 4 is 23.6 Å². The summed E-state index contributed by atoms with van der Waals surface area (Å²) in [4.78, 5) is 34.5. The Morgan fingerprint density at radius 2 is 1.77 bits per heavy atom. The highest BCUT2D eigenvalue weighted by molar-refractivity contribution is 5.97. The molecule has 0 spiro atoms. The summed E-state index contributed by atoms with van der Waals surface area (Å²) in [6.45, 7) is 3.88. The summed E-state index contributed by atoms with van der Waals surface area (Å²) in [6, 6.07) is 4.79. The molecule has 0 aliphatic rings. The van der Waals surface area contributed by atoms with Crippen molar-refractivity contribution in [3.05, 3.63) is 29.8 Å². The van der Waals surface area contributed by atoms with Gasteiger partial charge in [0.05, 0.1) is 12.7 Å². The van der Waals surface area contributed by atoms with Gasteiger partial charge in [0.2, 0.25) is 5.91 Å². The van der Waals surface area contributed by atoms with E-state index in [1.54, 1.807) is 24.3 Å². The Hall–Kier alpha value is -2.57. The lowest BCUT2D eigenvalue weighted by atomic mass is 10.0. The van der Waals surface area contributed by atoms with Crippen LogP contribution in [0.5, 0.6) is 0 Å². The zero-order valence-corrected chi connectivity index (χ0v) is 12.9. The summed E-state index contributed by atoms with van der Waals surface area (Å²) >= 11 is 0. The van der Waals surface area contributed by atoms with Crippen molar-refractivity contribution in [2.75, 3.05) is 12.4 Å². The van der Waals surface area contributed by atoms with Gasteiger partial charge in [0, 0.05) is 5.69 Å². The maximum absolute atomic E-state index is 12.2. The Balaban J connectivity index is 2.75. The first-order chi connectivity index (χ1) is 10.3. The molecule has 120 valence electrons. The third-order valence-electron chi connectivity index (χ3n) is 2.91. The molecule has 1 aromatic rings. The Kier molecular flexibility index (Phi) is 6.37. The molecule has 0 saturated heterocycles. The second kappa shape index (κ2) is 8.02. The van der Waals surface area contributed by atoms with Gasteiger partial charge in [-0.05, 0) is 36.6 Å². The van der Waals surface area contributed by atoms with E-state index >= 15 is 0 Å². The third-order valence-corrected chi connectivity index (χ3v) is 2.91. The van der Waals surface area contributed by atoms with Crippen LogP contribution in [0.4, 0.5) is 10.5 Å². The average Bonchev–Trinajstić information content (AvgIpc) is 2.45. The van der Waals surface area contributed by atoms with Crippen LogP contribution < -0.4 is 16.4 Å². The van der Waals surface area contributed by atoms with Crippen molar-refractivity contribution in [1.82, 2.24) is 5.32 Å². The molecule has 22 heavy (non-hydrogen) atoms. The highest BCUT2D eigenvalue weighted by Crippen LogP contribution is 2.12. The van der Waals surface area contributed by atoms with Crippen LogP contribution in [0.15, 0.2) is 24.3 Å². The van der Waals surface area contributed by atoms with Gasteiger partial charge >= 0.3 is 12.0 Å². The normalized spacial score (nSPS) is 11.6. The molecule has 0 saturated carbocycles. The molecule has 0 fully saturated rings. The van der Waals surface area contributed by atoms with Crippen LogP contribution in [0.2, 0.25) is 0 Å². The lowest BCUT2D eigenvalue weighted by Gasteiger charge is -2.19. The number of urea groups is 1. The number of amides is 3. The molecule has 1 unspecified atom stereocenters. The fraction of sp³-hybridized carbons (Fsp3) is 0.400. The van der Waals surface area contributed by atoms with Gasteiger partial charge in [-0.1, -0.05) is 13.8 Å². The number of methoxy groups -OCH3 is 1. The maximum Gasteiger partial charge on any atom is 0.337 e. The minimum atomic E-state index is -0.748. The average molecular weight is 307 g/mol. The first kappa shape index (κ1) is 17.5. The van der Waals surface area contributed by atoms with E-state index in [2.05, 4.69) is 15.4 Å². The fourth-order valence-electron chi connectivity index (χ4n) is 1.91. The predicted octanol–water partition coefficient (Wildman–Crippen LogP) is 1.49. The van der Waals surface area contributed by atoms with Crippen LogP contribution in [0.3, 0.4) is 0 Å². The predicted molar refractivity (Wildman–Crippen MR) is 82.4 cm³/mol. The van der Waals surface area contributed by atoms with E-state index in [0.29, 0.717) is 17.7 Å². The van der Waals surface area contributed by atoms with Crippen molar-refractivity contribution in [3.63, 3.8) is 0 Å². The molecule has 7 nitrogen and oxygen atoms in total. The van der Waals surface area contributed by atoms with Gasteiger partial charge in [-0.15, -0.1) is 0 Å². The first-order valence-corrected chi connectivity index (χ1v) is 6.88. The minimum absolute atomic E-state index is 0.212. The van der Waals surface area contributed by atoms with Crippen LogP contribution in [0, 0.1) is 5.92 Å². The quantitative estimate of drug-likeness (QED) is 0.691. The number of ether oxygens (including phenoxy) is 1. The second-order valence-corrected chi connectivity index (χ2v) is 5.25. The largest absolute Gasteiger partial charge is 0.465 e. The van der Waals surface area contributed by atoms with E-state index in [1.165, 1.54) is 7.11 Å². The number of esters is 1. The van der Waals surface area contributed by atoms with E-state index in [9.17, 15) is 14.4 Å². The van der Waals surface area contributed by atoms with Gasteiger partial charge in [0.25, 0.3) is 0 Å². The van der Waals surface area contributed by atoms with Crippen LogP contribution in [-0.4, -0.2) is 31.1 Å². The molecule has 0 aromatic heterocycles. The molecule has 0 aliphatic heterocycles. The van der Waals surface area contributed by atoms with Gasteiger partial charge in [0.15, 0.2) is 0 Å². The Bertz CT molecular complexity index is 540. The van der Waals surface area contributed by atoms with Crippen molar-refractivity contribution in [1.29, 1.82) is 0 Å². The molecule has 3 amide bonds. The first-order valence-electron chi connectivity index (χ1n) is 6.88. The number of hydrogen-bond acceptors (Lipinski definition) is 4. The molecule has 1 aromatic carbocycles. The van der Waals surface area contributed by atoms with Gasteiger partial charge in [-0.2, -0.15) is 0 Å². The summed E-state index contributed by atoms with van der Waals surface area (Å²) in [5.74, 6) is -0.603. The highest BCUT2D eigenvalue weighted by Gasteiger charge is 2.21. The zero-order valence-electron chi connectivity index (χ0n) is 12.9. The number of carbonyl (C=O) groups excluding carboxylic acids is 3. The van der Waals surface area contributed by atoms with E-state index in [4.69, 9.17) is 5.73 Å². The summed E-state index contributed by atoms with van der Waals surface area (Å²) in [5.41, 5.74) is 5.98. The topological polar surface area (TPSA) is 111 Å². The second-order valence-electron chi connectivity index (χ2n) is 5.25. The SMILES string of the molecule is COC(=O)c1ccc(NC(=O)C(CC(C)C)NC(N)=O)cc1. The zero-order chi connectivity index (χ0) is 16.7. The molecule has 7 heteroatoms. The lowest BCUT2D eigenvalue weighted by molar-refractivity contribution is -0.118. The molecule has 0 bridgehead atoms. The van der Waals surface area contributed by atoms with Crippen LogP contribution >= 0.6 is 0 Å². The van der Waals surface area contributed by atoms with E-state index < -0.39 is 18.0 Å². The summed E-state index contributed by atoms with van der Waals surface area (Å²) < 4.78 is 4.60. The standard InChI is InChI=1S/C15H21N3O4/c1-9(2)8-12(18-15(16)21)13(19)17-11-6-4-10(5-7-11)14(20)22-3/h4-7,9,12H,8H2,1-3H3,(H,17,19)(H3,16,18,21). The lowest BCUT2D eigenvalue weighted by Crippen LogP contribution is -2.46. The minimum Gasteiger partial charge on any atom is -0.465 e. The van der Waals surface area contributed by atoms with Gasteiger partial charge in [0.1, 0.15) is 6.04 Å². The van der Waals surface area contributed by atoms with Crippen molar-refractivity contribution < 1.29 is 19.1 Å². The smallest absolute Gasteiger partial charge is 0.337 e. The number of nitrogens with one attached hydrogen (secondary N) is 2. The summed E-state index contributed by atoms with van der Waals surface area (Å²) in [7, 11) is 1.30. The van der Waals surface area contributed by atoms with Crippen LogP contribution in [-0.2, 0) is 9.53 Å². The number of nitrogens with two attached hydrogens (primary N) is 1. The Morgan fingerprint density at radius 1 is 1.18 bits per heavy atom. The summed E-state index contributed by atoms with van der Waals surface area (Å²) in [5, 5.41) is 5.10. The van der Waals surface area contributed by atoms with Gasteiger partial charge in [-0.25, -0.2) is 9.59 Å². The number of primary amides is 1. The third kappa shape index (κ3) is 5.43. The van der Waals surface area contributed by atoms with Crippen molar-refractivity contribution in [2.45, 2.75) is 26.3 Å². The number of benzene rings is 1. The maximum atomic E-state index is 12.2. The highest BCUT2D eigenvalue weighted by atomic mass is 16.5. The Morgan fingerprint density at radius 3 is 2.23 bits per heavy atom. The molecular formula is C15H21N3O4. The fourth-order valence-corrected chi connectivity index (χ4v) is 1.91.